The number of hydrogen-bond donors (Lipinski definition) is 3. The largest absolute Gasteiger partial charge is 0.508 e. The first-order valence-electron chi connectivity index (χ1n) is 25.7. The highest BCUT2D eigenvalue weighted by atomic mass is 19.1. The van der Waals surface area contributed by atoms with Crippen LogP contribution in [0.1, 0.15) is 86.7 Å². The molecule has 17 heteroatoms. The van der Waals surface area contributed by atoms with Crippen LogP contribution in [0.2, 0.25) is 0 Å². The number of ether oxygens (including phenoxy) is 1. The number of aromatic nitrogens is 3. The number of nitrogens with one attached hydrogen (secondary N) is 1. The van der Waals surface area contributed by atoms with Crippen molar-refractivity contribution in [3.63, 3.8) is 0 Å². The molecule has 0 bridgehead atoms. The second-order valence-electron chi connectivity index (χ2n) is 22.6. The number of amides is 2. The summed E-state index contributed by atoms with van der Waals surface area (Å²) in [5.41, 5.74) is 1.62. The van der Waals surface area contributed by atoms with E-state index >= 15 is 13.2 Å². The number of allylic oxidation sites excluding steroid dienone is 1. The molecule has 0 unspecified atom stereocenters. The maximum atomic E-state index is 17.1. The van der Waals surface area contributed by atoms with E-state index in [1.165, 1.54) is 24.4 Å². The Bertz CT molecular complexity index is 3050. The normalized spacial score (nSPS) is 24.7. The summed E-state index contributed by atoms with van der Waals surface area (Å²) in [5.74, 6) is -1.16. The molecular weight excluding hydrogens is 924 g/mol. The van der Waals surface area contributed by atoms with Gasteiger partial charge in [-0.3, -0.25) is 24.4 Å². The summed E-state index contributed by atoms with van der Waals surface area (Å²) in [4.78, 5) is 50.4. The number of aryl methyl sites for hydroxylation is 1. The first kappa shape index (κ1) is 47.0. The van der Waals surface area contributed by atoms with Crippen molar-refractivity contribution in [3.05, 3.63) is 89.3 Å². The van der Waals surface area contributed by atoms with Gasteiger partial charge in [-0.25, -0.2) is 13.2 Å². The molecule has 8 heterocycles. The maximum absolute atomic E-state index is 17.1. The molecule has 6 aliphatic heterocycles. The third-order valence-electron chi connectivity index (χ3n) is 16.9. The van der Waals surface area contributed by atoms with Crippen LogP contribution in [0.25, 0.3) is 32.9 Å². The third kappa shape index (κ3) is 8.48. The minimum Gasteiger partial charge on any atom is -0.508 e. The third-order valence-corrected chi connectivity index (χ3v) is 16.9. The number of piperidine rings is 3. The number of rotatable bonds is 12. The van der Waals surface area contributed by atoms with Gasteiger partial charge >= 0.3 is 6.01 Å². The zero-order chi connectivity index (χ0) is 49.9. The molecule has 2 amide bonds. The van der Waals surface area contributed by atoms with Crippen LogP contribution in [0.15, 0.2) is 60.9 Å². The number of phenols is 1. The molecule has 7 aliphatic rings. The predicted molar refractivity (Wildman–Crippen MR) is 268 cm³/mol. The monoisotopic (exact) mass is 985 g/mol. The number of carbonyl (C=O) groups excluding carboxylic acids is 2. The van der Waals surface area contributed by atoms with Gasteiger partial charge in [0.05, 0.1) is 17.6 Å². The number of β-amino-alcohol motifs (C(OH)–C–C–N with tert-alkyl or cyclic N) is 1. The zero-order valence-electron chi connectivity index (χ0n) is 41.1. The van der Waals surface area contributed by atoms with E-state index in [9.17, 15) is 19.8 Å². The van der Waals surface area contributed by atoms with Gasteiger partial charge in [0.2, 0.25) is 5.91 Å². The first-order chi connectivity index (χ1) is 34.5. The number of nitrogens with zero attached hydrogens (tertiary/aromatic N) is 8. The first-order valence-corrected chi connectivity index (χ1v) is 25.7. The summed E-state index contributed by atoms with van der Waals surface area (Å²) in [7, 11) is 0. The van der Waals surface area contributed by atoms with Crippen LogP contribution in [0.4, 0.5) is 24.7 Å². The number of phenolic OH excluding ortho intramolecular Hbond substituents is 1. The van der Waals surface area contributed by atoms with Gasteiger partial charge in [-0.1, -0.05) is 19.6 Å². The highest BCUT2D eigenvalue weighted by Gasteiger charge is 2.54. The molecule has 6 fully saturated rings. The zero-order valence-corrected chi connectivity index (χ0v) is 41.1. The SMILES string of the molecule is C=C1CC[C@H](N2Cc3cc(N4CCC5(CC4)CN(CC4(F)CN(CC6(COc7nc(N8CCC[C@@](C)(O)C8)c8cnc(-c9cc(O)cc%10ccc(F)c(CC)c9%10)c(F)c8n7)CC6)C4)C5)ccc3C2=O)C(=O)N1. The van der Waals surface area contributed by atoms with Gasteiger partial charge in [0.15, 0.2) is 5.82 Å². The Hall–Kier alpha value is -6.04. The Morgan fingerprint density at radius 3 is 2.42 bits per heavy atom. The second kappa shape index (κ2) is 17.3. The Balaban J connectivity index is 0.675. The molecule has 5 aromatic rings. The van der Waals surface area contributed by atoms with Crippen LogP contribution in [0.3, 0.4) is 0 Å². The lowest BCUT2D eigenvalue weighted by Crippen LogP contribution is -2.69. The molecule has 1 saturated carbocycles. The van der Waals surface area contributed by atoms with Crippen LogP contribution in [-0.2, 0) is 17.8 Å². The van der Waals surface area contributed by atoms with Crippen LogP contribution in [-0.4, -0.2) is 141 Å². The van der Waals surface area contributed by atoms with Gasteiger partial charge in [-0.15, -0.1) is 0 Å². The Morgan fingerprint density at radius 1 is 0.903 bits per heavy atom. The van der Waals surface area contributed by atoms with Gasteiger partial charge in [0.1, 0.15) is 40.3 Å². The molecule has 0 radical (unpaired) electrons. The second-order valence-corrected chi connectivity index (χ2v) is 22.6. The van der Waals surface area contributed by atoms with E-state index in [1.54, 1.807) is 17.9 Å². The van der Waals surface area contributed by atoms with Crippen molar-refractivity contribution >= 4 is 45.0 Å². The molecule has 2 atom stereocenters. The van der Waals surface area contributed by atoms with Crippen molar-refractivity contribution < 1.29 is 37.7 Å². The maximum Gasteiger partial charge on any atom is 0.319 e. The molecule has 1 aliphatic carbocycles. The van der Waals surface area contributed by atoms with Crippen LogP contribution in [0.5, 0.6) is 11.8 Å². The van der Waals surface area contributed by atoms with Crippen molar-refractivity contribution in [2.45, 2.75) is 95.5 Å². The molecule has 2 aromatic heterocycles. The van der Waals surface area contributed by atoms with Crippen molar-refractivity contribution in [1.82, 2.24) is 35.0 Å². The molecule has 3 aromatic carbocycles. The molecule has 14 nitrogen and oxygen atoms in total. The van der Waals surface area contributed by atoms with E-state index in [0.717, 1.165) is 63.1 Å². The molecule has 5 saturated heterocycles. The van der Waals surface area contributed by atoms with Gasteiger partial charge in [-0.2, -0.15) is 9.97 Å². The number of likely N-dealkylation sites (tertiary alicyclic amines) is 2. The quantitative estimate of drug-likeness (QED) is 0.115. The number of carbonyl (C=O) groups is 2. The Kier molecular flexibility index (Phi) is 11.3. The number of halogens is 3. The van der Waals surface area contributed by atoms with E-state index in [2.05, 4.69) is 42.6 Å². The Morgan fingerprint density at radius 2 is 1.68 bits per heavy atom. The number of aliphatic hydroxyl groups is 1. The van der Waals surface area contributed by atoms with Crippen LogP contribution in [0, 0.1) is 22.5 Å². The van der Waals surface area contributed by atoms with Crippen LogP contribution < -0.4 is 19.9 Å². The molecule has 3 N–H and O–H groups in total. The van der Waals surface area contributed by atoms with Gasteiger partial charge in [-0.05, 0) is 128 Å². The minimum atomic E-state index is -1.29. The summed E-state index contributed by atoms with van der Waals surface area (Å²) in [6.45, 7) is 14.3. The summed E-state index contributed by atoms with van der Waals surface area (Å²) in [5, 5.41) is 26.0. The number of hydrogen-bond acceptors (Lipinski definition) is 12. The number of benzene rings is 3. The number of fused-ring (bicyclic) bond motifs is 3. The lowest BCUT2D eigenvalue weighted by molar-refractivity contribution is -0.126. The summed E-state index contributed by atoms with van der Waals surface area (Å²) < 4.78 is 55.0. The number of pyridine rings is 1. The van der Waals surface area contributed by atoms with Gasteiger partial charge in [0.25, 0.3) is 5.91 Å². The van der Waals surface area contributed by atoms with E-state index in [4.69, 9.17) is 9.72 Å². The summed E-state index contributed by atoms with van der Waals surface area (Å²) in [6, 6.07) is 11.4. The highest BCUT2D eigenvalue weighted by molar-refractivity contribution is 6.03. The van der Waals surface area contributed by atoms with Crippen molar-refractivity contribution in [1.29, 1.82) is 0 Å². The Labute approximate surface area is 416 Å². The summed E-state index contributed by atoms with van der Waals surface area (Å²) >= 11 is 0. The van der Waals surface area contributed by atoms with E-state index in [-0.39, 0.29) is 64.3 Å². The lowest BCUT2D eigenvalue weighted by Gasteiger charge is -2.57. The summed E-state index contributed by atoms with van der Waals surface area (Å²) in [6.07, 6.45) is 8.23. The molecular formula is C55H62F3N9O5. The van der Waals surface area contributed by atoms with Crippen molar-refractivity contribution in [2.75, 3.05) is 81.9 Å². The average Bonchev–Trinajstić information content (AvgIpc) is 4.02. The fourth-order valence-electron chi connectivity index (χ4n) is 12.9. The smallest absolute Gasteiger partial charge is 0.319 e. The number of alkyl halides is 1. The van der Waals surface area contributed by atoms with Gasteiger partial charge in [0, 0.05) is 106 Å². The molecule has 12 rings (SSSR count). The van der Waals surface area contributed by atoms with Gasteiger partial charge < -0.3 is 35.0 Å². The topological polar surface area (TPSA) is 151 Å². The molecule has 72 heavy (non-hydrogen) atoms. The standard InChI is InChI=1S/C55H62F3N9O5/c1-4-38-42(56)10-7-34-21-37(68)22-40(44(34)38)46-45(57)47-41(23-59-46)48(66-17-5-12-52(3,71)25-66)62-51(61-47)72-32-54(13-14-54)28-64-30-55(58,31-64)29-63-26-53(27-63)15-18-65(19-16-53)36-8-9-39-35(20-36)24-67(50(39)70)43-11-6-33(2)60-49(43)69/h7-10,20-23,43,68,71H,2,4-6,11-19,24-32H2,1,3H3,(H,60,69)/t43-,52+/m0/s1. The molecule has 1 spiro atoms. The highest BCUT2D eigenvalue weighted by Crippen LogP contribution is 2.49. The fraction of sp³-hybridized carbons (Fsp3) is 0.509. The van der Waals surface area contributed by atoms with Crippen molar-refractivity contribution in [3.8, 4) is 23.0 Å². The number of anilines is 2. The predicted octanol–water partition coefficient (Wildman–Crippen LogP) is 7.28. The van der Waals surface area contributed by atoms with Crippen LogP contribution >= 0.6 is 0 Å². The number of aromatic hydroxyl groups is 1. The van der Waals surface area contributed by atoms with E-state index < -0.39 is 28.9 Å². The van der Waals surface area contributed by atoms with Crippen molar-refractivity contribution in [2.24, 2.45) is 10.8 Å². The average molecular weight is 986 g/mol. The van der Waals surface area contributed by atoms with E-state index in [0.29, 0.717) is 110 Å². The van der Waals surface area contributed by atoms with E-state index in [1.807, 2.05) is 24.0 Å². The molecule has 378 valence electrons. The minimum absolute atomic E-state index is 0.0128. The fourth-order valence-corrected chi connectivity index (χ4v) is 12.9. The lowest BCUT2D eigenvalue weighted by atomic mass is 9.71.